The first-order valence-corrected chi connectivity index (χ1v) is 6.61. The molecule has 17 heavy (non-hydrogen) atoms. The van der Waals surface area contributed by atoms with Crippen LogP contribution in [0.1, 0.15) is 57.9 Å². The van der Waals surface area contributed by atoms with E-state index in [1.54, 1.807) is 12.1 Å². The average molecular weight is 237 g/mol. The Hall–Kier alpha value is -0.890. The first kappa shape index (κ1) is 14.2. The molecule has 0 aliphatic heterocycles. The summed E-state index contributed by atoms with van der Waals surface area (Å²) in [6.45, 7) is 4.20. The van der Waals surface area contributed by atoms with Crippen LogP contribution >= 0.6 is 0 Å². The van der Waals surface area contributed by atoms with Gasteiger partial charge in [-0.3, -0.25) is 0 Å². The molecule has 1 aromatic rings. The van der Waals surface area contributed by atoms with Crippen LogP contribution in [0, 0.1) is 5.82 Å². The van der Waals surface area contributed by atoms with Crippen molar-refractivity contribution in [3.05, 3.63) is 35.6 Å². The predicted molar refractivity (Wildman–Crippen MR) is 71.3 cm³/mol. The molecular weight excluding hydrogens is 213 g/mol. The van der Waals surface area contributed by atoms with Crippen molar-refractivity contribution in [1.82, 2.24) is 0 Å². The standard InChI is InChI=1S/C15H24FN/c1-3-4-5-6-7-11-15(2,17)13-9-8-10-14(16)12-13/h8-10,12H,3-7,11,17H2,1-2H3. The summed E-state index contributed by atoms with van der Waals surface area (Å²) in [7, 11) is 0. The molecule has 1 nitrogen and oxygen atoms in total. The minimum absolute atomic E-state index is 0.204. The maximum atomic E-state index is 13.1. The number of nitrogens with two attached hydrogens (primary N) is 1. The fourth-order valence-electron chi connectivity index (χ4n) is 2.08. The largest absolute Gasteiger partial charge is 0.322 e. The summed E-state index contributed by atoms with van der Waals surface area (Å²) in [5.74, 6) is -0.204. The molecule has 0 fully saturated rings. The van der Waals surface area contributed by atoms with Crippen LogP contribution < -0.4 is 5.73 Å². The number of hydrogen-bond acceptors (Lipinski definition) is 1. The van der Waals surface area contributed by atoms with E-state index in [1.165, 1.54) is 31.7 Å². The Morgan fingerprint density at radius 1 is 1.18 bits per heavy atom. The van der Waals surface area contributed by atoms with Crippen molar-refractivity contribution < 1.29 is 4.39 Å². The van der Waals surface area contributed by atoms with Gasteiger partial charge in [-0.1, -0.05) is 51.2 Å². The van der Waals surface area contributed by atoms with E-state index in [0.717, 1.165) is 18.4 Å². The maximum absolute atomic E-state index is 13.1. The molecule has 0 heterocycles. The lowest BCUT2D eigenvalue weighted by Gasteiger charge is -2.25. The molecule has 0 saturated carbocycles. The van der Waals surface area contributed by atoms with Crippen LogP contribution in [0.5, 0.6) is 0 Å². The minimum atomic E-state index is -0.408. The predicted octanol–water partition coefficient (Wildman–Crippen LogP) is 4.36. The van der Waals surface area contributed by atoms with Gasteiger partial charge in [0, 0.05) is 5.54 Å². The van der Waals surface area contributed by atoms with Gasteiger partial charge in [0.25, 0.3) is 0 Å². The zero-order valence-electron chi connectivity index (χ0n) is 11.0. The maximum Gasteiger partial charge on any atom is 0.123 e. The highest BCUT2D eigenvalue weighted by Gasteiger charge is 2.20. The highest BCUT2D eigenvalue weighted by Crippen LogP contribution is 2.25. The van der Waals surface area contributed by atoms with Crippen molar-refractivity contribution in [2.24, 2.45) is 5.73 Å². The molecule has 0 aliphatic carbocycles. The molecule has 0 saturated heterocycles. The molecule has 1 rings (SSSR count). The molecule has 0 bridgehead atoms. The van der Waals surface area contributed by atoms with Gasteiger partial charge >= 0.3 is 0 Å². The summed E-state index contributed by atoms with van der Waals surface area (Å²) in [5.41, 5.74) is 6.74. The van der Waals surface area contributed by atoms with Crippen LogP contribution in [0.15, 0.2) is 24.3 Å². The zero-order chi connectivity index (χ0) is 12.7. The summed E-state index contributed by atoms with van der Waals surface area (Å²) in [5, 5.41) is 0. The van der Waals surface area contributed by atoms with E-state index < -0.39 is 5.54 Å². The number of rotatable bonds is 7. The zero-order valence-corrected chi connectivity index (χ0v) is 11.0. The molecule has 96 valence electrons. The average Bonchev–Trinajstić information content (AvgIpc) is 2.29. The lowest BCUT2D eigenvalue weighted by Crippen LogP contribution is -2.32. The first-order chi connectivity index (χ1) is 8.06. The van der Waals surface area contributed by atoms with E-state index in [2.05, 4.69) is 6.92 Å². The molecular formula is C15H24FN. The lowest BCUT2D eigenvalue weighted by atomic mass is 9.87. The third kappa shape index (κ3) is 4.86. The van der Waals surface area contributed by atoms with Crippen LogP contribution in [0.2, 0.25) is 0 Å². The lowest BCUT2D eigenvalue weighted by molar-refractivity contribution is 0.420. The van der Waals surface area contributed by atoms with E-state index in [-0.39, 0.29) is 5.82 Å². The van der Waals surface area contributed by atoms with Crippen molar-refractivity contribution in [1.29, 1.82) is 0 Å². The third-order valence-electron chi connectivity index (χ3n) is 3.28. The summed E-state index contributed by atoms with van der Waals surface area (Å²) in [4.78, 5) is 0. The summed E-state index contributed by atoms with van der Waals surface area (Å²) >= 11 is 0. The fraction of sp³-hybridized carbons (Fsp3) is 0.600. The molecule has 0 amide bonds. The summed E-state index contributed by atoms with van der Waals surface area (Å²) < 4.78 is 13.1. The van der Waals surface area contributed by atoms with Crippen molar-refractivity contribution in [3.8, 4) is 0 Å². The molecule has 1 atom stereocenters. The minimum Gasteiger partial charge on any atom is -0.322 e. The van der Waals surface area contributed by atoms with Gasteiger partial charge in [0.15, 0.2) is 0 Å². The smallest absolute Gasteiger partial charge is 0.123 e. The van der Waals surface area contributed by atoms with Crippen LogP contribution in [0.25, 0.3) is 0 Å². The fourth-order valence-corrected chi connectivity index (χ4v) is 2.08. The normalized spacial score (nSPS) is 14.6. The molecule has 1 unspecified atom stereocenters. The van der Waals surface area contributed by atoms with Gasteiger partial charge < -0.3 is 5.73 Å². The quantitative estimate of drug-likeness (QED) is 0.700. The Morgan fingerprint density at radius 2 is 1.88 bits per heavy atom. The second-order valence-electron chi connectivity index (χ2n) is 5.09. The van der Waals surface area contributed by atoms with E-state index in [1.807, 2.05) is 13.0 Å². The van der Waals surface area contributed by atoms with Crippen LogP contribution in [-0.2, 0) is 5.54 Å². The van der Waals surface area contributed by atoms with Crippen molar-refractivity contribution in [2.75, 3.05) is 0 Å². The van der Waals surface area contributed by atoms with Gasteiger partial charge in [0.2, 0.25) is 0 Å². The van der Waals surface area contributed by atoms with Gasteiger partial charge in [0.05, 0.1) is 0 Å². The number of benzene rings is 1. The monoisotopic (exact) mass is 237 g/mol. The topological polar surface area (TPSA) is 26.0 Å². The third-order valence-corrected chi connectivity index (χ3v) is 3.28. The summed E-state index contributed by atoms with van der Waals surface area (Å²) in [6, 6.07) is 6.65. The van der Waals surface area contributed by atoms with Gasteiger partial charge in [0.1, 0.15) is 5.82 Å². The van der Waals surface area contributed by atoms with Crippen molar-refractivity contribution in [3.63, 3.8) is 0 Å². The molecule has 0 aliphatic rings. The van der Waals surface area contributed by atoms with Crippen LogP contribution in [0.4, 0.5) is 4.39 Å². The Morgan fingerprint density at radius 3 is 2.53 bits per heavy atom. The molecule has 0 radical (unpaired) electrons. The van der Waals surface area contributed by atoms with Gasteiger partial charge in [-0.05, 0) is 31.0 Å². The van der Waals surface area contributed by atoms with E-state index >= 15 is 0 Å². The Kier molecular flexibility index (Phi) is 5.63. The van der Waals surface area contributed by atoms with E-state index in [9.17, 15) is 4.39 Å². The SMILES string of the molecule is CCCCCCCC(C)(N)c1cccc(F)c1. The van der Waals surface area contributed by atoms with Crippen molar-refractivity contribution >= 4 is 0 Å². The number of halogens is 1. The van der Waals surface area contributed by atoms with E-state index in [0.29, 0.717) is 0 Å². The van der Waals surface area contributed by atoms with Crippen LogP contribution in [0.3, 0.4) is 0 Å². The Bertz CT molecular complexity index is 333. The molecule has 0 aromatic heterocycles. The Labute approximate surface area is 104 Å². The second-order valence-corrected chi connectivity index (χ2v) is 5.09. The van der Waals surface area contributed by atoms with Gasteiger partial charge in [-0.2, -0.15) is 0 Å². The highest BCUT2D eigenvalue weighted by atomic mass is 19.1. The van der Waals surface area contributed by atoms with Crippen LogP contribution in [-0.4, -0.2) is 0 Å². The van der Waals surface area contributed by atoms with Gasteiger partial charge in [-0.25, -0.2) is 4.39 Å². The van der Waals surface area contributed by atoms with Crippen molar-refractivity contribution in [2.45, 2.75) is 57.9 Å². The van der Waals surface area contributed by atoms with E-state index in [4.69, 9.17) is 5.73 Å². The first-order valence-electron chi connectivity index (χ1n) is 6.61. The second kappa shape index (κ2) is 6.75. The number of hydrogen-bond donors (Lipinski definition) is 1. The molecule has 0 spiro atoms. The number of unbranched alkanes of at least 4 members (excludes halogenated alkanes) is 4. The molecule has 1 aromatic carbocycles. The highest BCUT2D eigenvalue weighted by molar-refractivity contribution is 5.23. The molecule has 2 heteroatoms. The Balaban J connectivity index is 2.45. The summed E-state index contributed by atoms with van der Waals surface area (Å²) in [6.07, 6.45) is 7.07. The molecule has 2 N–H and O–H groups in total. The van der Waals surface area contributed by atoms with Gasteiger partial charge in [-0.15, -0.1) is 0 Å².